The molecule has 0 saturated carbocycles. The van der Waals surface area contributed by atoms with Crippen LogP contribution in [0.5, 0.6) is 0 Å². The zero-order chi connectivity index (χ0) is 13.3. The van der Waals surface area contributed by atoms with E-state index in [2.05, 4.69) is 37.1 Å². The number of rotatable bonds is 10. The summed E-state index contributed by atoms with van der Waals surface area (Å²) in [7, 11) is 1.86. The molecule has 0 aliphatic rings. The lowest BCUT2D eigenvalue weighted by Crippen LogP contribution is -2.68. The van der Waals surface area contributed by atoms with E-state index < -0.39 is 8.88 Å². The first-order chi connectivity index (χ1) is 8.08. The molecule has 0 bridgehead atoms. The van der Waals surface area contributed by atoms with Crippen molar-refractivity contribution in [3.63, 3.8) is 0 Å². The summed E-state index contributed by atoms with van der Waals surface area (Å²) in [5.74, 6) is 0. The van der Waals surface area contributed by atoms with Crippen LogP contribution in [-0.4, -0.2) is 58.4 Å². The van der Waals surface area contributed by atoms with Crippen molar-refractivity contribution in [2.24, 2.45) is 0 Å². The molecule has 0 aliphatic carbocycles. The fraction of sp³-hybridized carbons (Fsp3) is 1.00. The van der Waals surface area contributed by atoms with E-state index in [0.717, 1.165) is 25.9 Å². The average Bonchev–Trinajstić information content (AvgIpc) is 2.29. The van der Waals surface area contributed by atoms with Crippen molar-refractivity contribution < 1.29 is 8.85 Å². The van der Waals surface area contributed by atoms with Crippen LogP contribution in [0.2, 0.25) is 0 Å². The van der Waals surface area contributed by atoms with Gasteiger partial charge in [0.05, 0.1) is 0 Å². The van der Waals surface area contributed by atoms with Crippen molar-refractivity contribution in [3.8, 4) is 0 Å². The monoisotopic (exact) mass is 262 g/mol. The average molecular weight is 262 g/mol. The number of hydrogen-bond acceptors (Lipinski definition) is 4. The fourth-order valence-corrected chi connectivity index (χ4v) is 5.42. The van der Waals surface area contributed by atoms with Gasteiger partial charge in [0.25, 0.3) is 0 Å². The first-order valence-electron chi connectivity index (χ1n) is 6.79. The highest BCUT2D eigenvalue weighted by molar-refractivity contribution is 6.61. The van der Waals surface area contributed by atoms with Gasteiger partial charge in [0.1, 0.15) is 0 Å². The Morgan fingerprint density at radius 3 is 1.35 bits per heavy atom. The highest BCUT2D eigenvalue weighted by Gasteiger charge is 2.47. The standard InChI is InChI=1S/C12H30N2O2Si/c1-7-11-13(5)17(15-9-3,16-10-4)14(6)12-8-2/h7-12H2,1-6H3. The largest absolute Gasteiger partial charge is 0.522 e. The van der Waals surface area contributed by atoms with Crippen LogP contribution in [0.15, 0.2) is 0 Å². The minimum Gasteiger partial charge on any atom is -0.371 e. The maximum Gasteiger partial charge on any atom is 0.522 e. The highest BCUT2D eigenvalue weighted by Crippen LogP contribution is 2.17. The quantitative estimate of drug-likeness (QED) is 0.563. The van der Waals surface area contributed by atoms with Crippen molar-refractivity contribution in [3.05, 3.63) is 0 Å². The van der Waals surface area contributed by atoms with Gasteiger partial charge in [-0.15, -0.1) is 0 Å². The zero-order valence-corrected chi connectivity index (χ0v) is 13.5. The number of hydrogen-bond donors (Lipinski definition) is 0. The summed E-state index contributed by atoms with van der Waals surface area (Å²) >= 11 is 0. The van der Waals surface area contributed by atoms with Crippen molar-refractivity contribution in [2.45, 2.75) is 40.5 Å². The van der Waals surface area contributed by atoms with E-state index >= 15 is 0 Å². The predicted molar refractivity (Wildman–Crippen MR) is 74.8 cm³/mol. The highest BCUT2D eigenvalue weighted by atomic mass is 28.4. The summed E-state index contributed by atoms with van der Waals surface area (Å²) in [5, 5.41) is 0. The van der Waals surface area contributed by atoms with E-state index in [1.165, 1.54) is 0 Å². The molecule has 0 unspecified atom stereocenters. The van der Waals surface area contributed by atoms with Gasteiger partial charge >= 0.3 is 8.88 Å². The molecule has 0 aromatic carbocycles. The summed E-state index contributed by atoms with van der Waals surface area (Å²) in [4.78, 5) is 0. The molecule has 0 atom stereocenters. The third kappa shape index (κ3) is 4.67. The van der Waals surface area contributed by atoms with Crippen molar-refractivity contribution in [2.75, 3.05) is 40.4 Å². The van der Waals surface area contributed by atoms with Gasteiger partial charge in [-0.2, -0.15) is 0 Å². The van der Waals surface area contributed by atoms with Crippen molar-refractivity contribution in [1.29, 1.82) is 0 Å². The lowest BCUT2D eigenvalue weighted by Gasteiger charge is -2.42. The molecule has 0 N–H and O–H groups in total. The second-order valence-electron chi connectivity index (χ2n) is 4.26. The van der Waals surface area contributed by atoms with Crippen LogP contribution in [-0.2, 0) is 8.85 Å². The van der Waals surface area contributed by atoms with Crippen LogP contribution < -0.4 is 0 Å². The third-order valence-corrected chi connectivity index (χ3v) is 6.45. The third-order valence-electron chi connectivity index (χ3n) is 2.75. The smallest absolute Gasteiger partial charge is 0.371 e. The second-order valence-corrected chi connectivity index (χ2v) is 7.46. The molecule has 0 amide bonds. The van der Waals surface area contributed by atoms with E-state index in [-0.39, 0.29) is 0 Å². The van der Waals surface area contributed by atoms with Crippen LogP contribution in [0.4, 0.5) is 0 Å². The normalized spacial score (nSPS) is 12.7. The van der Waals surface area contributed by atoms with Crippen LogP contribution in [0.25, 0.3) is 0 Å². The molecule has 0 spiro atoms. The Labute approximate surface area is 108 Å². The summed E-state index contributed by atoms with van der Waals surface area (Å²) < 4.78 is 16.7. The van der Waals surface area contributed by atoms with Crippen LogP contribution in [0, 0.1) is 0 Å². The van der Waals surface area contributed by atoms with Crippen LogP contribution in [0.3, 0.4) is 0 Å². The Morgan fingerprint density at radius 1 is 0.765 bits per heavy atom. The van der Waals surface area contributed by atoms with Gasteiger partial charge in [0, 0.05) is 13.2 Å². The summed E-state index contributed by atoms with van der Waals surface area (Å²) in [6.45, 7) is 11.9. The van der Waals surface area contributed by atoms with Gasteiger partial charge in [-0.25, -0.2) is 0 Å². The minimum absolute atomic E-state index is 0.703. The minimum atomic E-state index is -2.38. The Morgan fingerprint density at radius 2 is 1.12 bits per heavy atom. The van der Waals surface area contributed by atoms with E-state index in [1.807, 2.05) is 13.8 Å². The molecule has 5 heteroatoms. The maximum absolute atomic E-state index is 6.07. The second kappa shape index (κ2) is 9.05. The molecular formula is C12H30N2O2Si. The molecule has 0 rings (SSSR count). The molecule has 104 valence electrons. The molecule has 0 aromatic rings. The summed E-state index contributed by atoms with van der Waals surface area (Å²) in [6, 6.07) is 0. The number of nitrogens with zero attached hydrogens (tertiary/aromatic N) is 2. The molecular weight excluding hydrogens is 232 g/mol. The molecule has 0 radical (unpaired) electrons. The van der Waals surface area contributed by atoms with Crippen LogP contribution >= 0.6 is 0 Å². The van der Waals surface area contributed by atoms with Gasteiger partial charge in [-0.3, -0.25) is 9.13 Å². The van der Waals surface area contributed by atoms with Gasteiger partial charge in [-0.1, -0.05) is 13.8 Å². The van der Waals surface area contributed by atoms with E-state index in [9.17, 15) is 0 Å². The first-order valence-corrected chi connectivity index (χ1v) is 8.50. The van der Waals surface area contributed by atoms with E-state index in [0.29, 0.717) is 13.2 Å². The lowest BCUT2D eigenvalue weighted by molar-refractivity contribution is 0.0777. The molecule has 0 heterocycles. The molecule has 0 saturated heterocycles. The SMILES string of the molecule is CCCN(C)[Si](OCC)(OCC)N(C)CCC. The molecule has 17 heavy (non-hydrogen) atoms. The summed E-state index contributed by atoms with van der Waals surface area (Å²) in [6.07, 6.45) is 2.23. The van der Waals surface area contributed by atoms with Gasteiger partial charge < -0.3 is 8.85 Å². The molecule has 0 aliphatic heterocycles. The van der Waals surface area contributed by atoms with Crippen LogP contribution in [0.1, 0.15) is 40.5 Å². The predicted octanol–water partition coefficient (Wildman–Crippen LogP) is 2.18. The molecule has 0 aromatic heterocycles. The Balaban J connectivity index is 4.94. The maximum atomic E-state index is 6.07. The molecule has 4 nitrogen and oxygen atoms in total. The van der Waals surface area contributed by atoms with Gasteiger partial charge in [-0.05, 0) is 53.9 Å². The summed E-state index contributed by atoms with van der Waals surface area (Å²) in [5.41, 5.74) is 0. The lowest BCUT2D eigenvalue weighted by atomic mass is 10.5. The first kappa shape index (κ1) is 17.1. The van der Waals surface area contributed by atoms with Gasteiger partial charge in [0.2, 0.25) is 0 Å². The molecule has 0 fully saturated rings. The Hall–Kier alpha value is 0.0569. The Kier molecular flexibility index (Phi) is 9.08. The van der Waals surface area contributed by atoms with Crippen molar-refractivity contribution >= 4 is 8.88 Å². The fourth-order valence-electron chi connectivity index (χ4n) is 2.10. The topological polar surface area (TPSA) is 24.9 Å². The van der Waals surface area contributed by atoms with E-state index in [1.54, 1.807) is 0 Å². The van der Waals surface area contributed by atoms with E-state index in [4.69, 9.17) is 8.85 Å². The van der Waals surface area contributed by atoms with Gasteiger partial charge in [0.15, 0.2) is 0 Å². The van der Waals surface area contributed by atoms with Crippen molar-refractivity contribution in [1.82, 2.24) is 9.13 Å². The Bertz CT molecular complexity index is 173. The zero-order valence-electron chi connectivity index (χ0n) is 12.5.